The van der Waals surface area contributed by atoms with Crippen molar-refractivity contribution in [3.63, 3.8) is 0 Å². The van der Waals surface area contributed by atoms with Gasteiger partial charge < -0.3 is 16.3 Å². The zero-order valence-corrected chi connectivity index (χ0v) is 12.5. The summed E-state index contributed by atoms with van der Waals surface area (Å²) in [7, 11) is 0. The van der Waals surface area contributed by atoms with Gasteiger partial charge in [-0.1, -0.05) is 18.5 Å². The van der Waals surface area contributed by atoms with Crippen LogP contribution in [0, 0.1) is 5.41 Å². The molecule has 0 bridgehead atoms. The molecule has 0 aromatic carbocycles. The lowest BCUT2D eigenvalue weighted by molar-refractivity contribution is -0.131. The number of aromatic nitrogens is 1. The van der Waals surface area contributed by atoms with Crippen LogP contribution in [0.4, 0.5) is 0 Å². The number of thiazole rings is 1. The van der Waals surface area contributed by atoms with Gasteiger partial charge in [0.15, 0.2) is 5.84 Å². The van der Waals surface area contributed by atoms with Gasteiger partial charge in [0.25, 0.3) is 0 Å². The molecule has 0 radical (unpaired) electrons. The van der Waals surface area contributed by atoms with Crippen LogP contribution < -0.4 is 11.1 Å². The Morgan fingerprint density at radius 3 is 2.85 bits per heavy atom. The Morgan fingerprint density at radius 2 is 2.40 bits per heavy atom. The predicted octanol–water partition coefficient (Wildman–Crippen LogP) is 1.80. The first-order valence-electron chi connectivity index (χ1n) is 6.77. The minimum absolute atomic E-state index is 0.00170. The molecule has 1 atom stereocenters. The van der Waals surface area contributed by atoms with E-state index in [2.05, 4.69) is 22.4 Å². The Labute approximate surface area is 122 Å². The SMILES string of the molecule is CCc1cnc(C(C)NC(=O)C2(C(N)=NO)CCC2)s1. The van der Waals surface area contributed by atoms with E-state index in [0.29, 0.717) is 12.8 Å². The second-order valence-corrected chi connectivity index (χ2v) is 6.28. The molecule has 0 aliphatic heterocycles. The largest absolute Gasteiger partial charge is 0.409 e. The number of nitrogens with one attached hydrogen (secondary N) is 1. The molecule has 4 N–H and O–H groups in total. The van der Waals surface area contributed by atoms with Crippen molar-refractivity contribution in [1.29, 1.82) is 0 Å². The number of amidine groups is 1. The second-order valence-electron chi connectivity index (χ2n) is 5.13. The maximum absolute atomic E-state index is 12.4. The van der Waals surface area contributed by atoms with Gasteiger partial charge in [-0.2, -0.15) is 0 Å². The van der Waals surface area contributed by atoms with Gasteiger partial charge in [-0.05, 0) is 26.2 Å². The summed E-state index contributed by atoms with van der Waals surface area (Å²) in [5.41, 5.74) is 4.84. The third-order valence-corrected chi connectivity index (χ3v) is 5.20. The Bertz CT molecular complexity index is 522. The average Bonchev–Trinajstić information content (AvgIpc) is 2.85. The molecule has 2 rings (SSSR count). The van der Waals surface area contributed by atoms with E-state index in [1.807, 2.05) is 13.1 Å². The minimum atomic E-state index is -0.839. The monoisotopic (exact) mass is 296 g/mol. The lowest BCUT2D eigenvalue weighted by atomic mass is 9.67. The quantitative estimate of drug-likeness (QED) is 0.334. The minimum Gasteiger partial charge on any atom is -0.409 e. The molecular formula is C13H20N4O2S. The molecule has 1 saturated carbocycles. The maximum Gasteiger partial charge on any atom is 0.234 e. The van der Waals surface area contributed by atoms with Crippen molar-refractivity contribution in [1.82, 2.24) is 10.3 Å². The highest BCUT2D eigenvalue weighted by Crippen LogP contribution is 2.41. The highest BCUT2D eigenvalue weighted by atomic mass is 32.1. The van der Waals surface area contributed by atoms with Crippen molar-refractivity contribution in [3.8, 4) is 0 Å². The van der Waals surface area contributed by atoms with Crippen molar-refractivity contribution in [2.45, 2.75) is 45.6 Å². The molecule has 6 nitrogen and oxygen atoms in total. The summed E-state index contributed by atoms with van der Waals surface area (Å²) in [6, 6.07) is -0.170. The van der Waals surface area contributed by atoms with Gasteiger partial charge in [0.2, 0.25) is 5.91 Å². The van der Waals surface area contributed by atoms with Crippen LogP contribution in [-0.4, -0.2) is 21.9 Å². The summed E-state index contributed by atoms with van der Waals surface area (Å²) in [6.07, 6.45) is 4.94. The third-order valence-electron chi connectivity index (χ3n) is 3.88. The van der Waals surface area contributed by atoms with Crippen molar-refractivity contribution in [3.05, 3.63) is 16.1 Å². The Hall–Kier alpha value is -1.63. The highest BCUT2D eigenvalue weighted by molar-refractivity contribution is 7.11. The number of nitrogens with two attached hydrogens (primary N) is 1. The number of rotatable bonds is 5. The fourth-order valence-electron chi connectivity index (χ4n) is 2.31. The Morgan fingerprint density at radius 1 is 1.70 bits per heavy atom. The van der Waals surface area contributed by atoms with Gasteiger partial charge in [-0.25, -0.2) is 4.98 Å². The average molecular weight is 296 g/mol. The van der Waals surface area contributed by atoms with Crippen LogP contribution in [0.1, 0.15) is 49.0 Å². The topological polar surface area (TPSA) is 101 Å². The first kappa shape index (κ1) is 14.8. The van der Waals surface area contributed by atoms with E-state index in [1.165, 1.54) is 4.88 Å². The van der Waals surface area contributed by atoms with E-state index in [0.717, 1.165) is 17.8 Å². The summed E-state index contributed by atoms with van der Waals surface area (Å²) < 4.78 is 0. The molecule has 110 valence electrons. The van der Waals surface area contributed by atoms with Crippen LogP contribution in [0.5, 0.6) is 0 Å². The summed E-state index contributed by atoms with van der Waals surface area (Å²) in [6.45, 7) is 3.97. The van der Waals surface area contributed by atoms with Gasteiger partial charge in [0, 0.05) is 11.1 Å². The number of nitrogens with zero attached hydrogens (tertiary/aromatic N) is 2. The molecule has 7 heteroatoms. The molecule has 0 spiro atoms. The van der Waals surface area contributed by atoms with Crippen LogP contribution in [-0.2, 0) is 11.2 Å². The molecule has 1 unspecified atom stereocenters. The number of oxime groups is 1. The first-order valence-corrected chi connectivity index (χ1v) is 7.58. The molecule has 1 aliphatic carbocycles. The molecule has 1 heterocycles. The van der Waals surface area contributed by atoms with E-state index >= 15 is 0 Å². The first-order chi connectivity index (χ1) is 9.53. The second kappa shape index (κ2) is 5.78. The van der Waals surface area contributed by atoms with E-state index < -0.39 is 5.41 Å². The molecule has 20 heavy (non-hydrogen) atoms. The van der Waals surface area contributed by atoms with E-state index in [1.54, 1.807) is 11.3 Å². The summed E-state index contributed by atoms with van der Waals surface area (Å²) in [5, 5.41) is 15.7. The molecular weight excluding hydrogens is 276 g/mol. The van der Waals surface area contributed by atoms with E-state index in [4.69, 9.17) is 10.9 Å². The number of amides is 1. The van der Waals surface area contributed by atoms with Gasteiger partial charge in [-0.3, -0.25) is 4.79 Å². The summed E-state index contributed by atoms with van der Waals surface area (Å²) in [5.74, 6) is -0.179. The molecule has 1 aromatic heterocycles. The summed E-state index contributed by atoms with van der Waals surface area (Å²) >= 11 is 1.60. The predicted molar refractivity (Wildman–Crippen MR) is 77.7 cm³/mol. The molecule has 0 saturated heterocycles. The fourth-order valence-corrected chi connectivity index (χ4v) is 3.17. The van der Waals surface area contributed by atoms with Crippen LogP contribution in [0.3, 0.4) is 0 Å². The van der Waals surface area contributed by atoms with E-state index in [-0.39, 0.29) is 17.8 Å². The number of aryl methyl sites for hydroxylation is 1. The van der Waals surface area contributed by atoms with Crippen LogP contribution in [0.25, 0.3) is 0 Å². The van der Waals surface area contributed by atoms with Crippen LogP contribution in [0.15, 0.2) is 11.4 Å². The molecule has 1 fully saturated rings. The maximum atomic E-state index is 12.4. The molecule has 1 aromatic rings. The summed E-state index contributed by atoms with van der Waals surface area (Å²) in [4.78, 5) is 17.9. The Kier molecular flexibility index (Phi) is 4.27. The van der Waals surface area contributed by atoms with Crippen molar-refractivity contribution < 1.29 is 10.0 Å². The third kappa shape index (κ3) is 2.49. The van der Waals surface area contributed by atoms with E-state index in [9.17, 15) is 4.79 Å². The number of hydrogen-bond donors (Lipinski definition) is 3. The van der Waals surface area contributed by atoms with Crippen LogP contribution in [0.2, 0.25) is 0 Å². The lowest BCUT2D eigenvalue weighted by Crippen LogP contribution is -2.54. The zero-order valence-electron chi connectivity index (χ0n) is 11.7. The highest BCUT2D eigenvalue weighted by Gasteiger charge is 2.48. The van der Waals surface area contributed by atoms with Gasteiger partial charge >= 0.3 is 0 Å². The fraction of sp³-hybridized carbons (Fsp3) is 0.615. The smallest absolute Gasteiger partial charge is 0.234 e. The molecule has 1 aliphatic rings. The van der Waals surface area contributed by atoms with Crippen molar-refractivity contribution in [2.75, 3.05) is 0 Å². The van der Waals surface area contributed by atoms with Crippen molar-refractivity contribution >= 4 is 23.1 Å². The number of hydrogen-bond acceptors (Lipinski definition) is 5. The van der Waals surface area contributed by atoms with Gasteiger partial charge in [0.1, 0.15) is 10.4 Å². The molecule has 1 amide bonds. The van der Waals surface area contributed by atoms with Gasteiger partial charge in [-0.15, -0.1) is 11.3 Å². The van der Waals surface area contributed by atoms with Gasteiger partial charge in [0.05, 0.1) is 6.04 Å². The Balaban J connectivity index is 2.07. The normalized spacial score (nSPS) is 19.2. The van der Waals surface area contributed by atoms with Crippen molar-refractivity contribution in [2.24, 2.45) is 16.3 Å². The lowest BCUT2D eigenvalue weighted by Gasteiger charge is -2.39. The van der Waals surface area contributed by atoms with Crippen LogP contribution >= 0.6 is 11.3 Å². The zero-order chi connectivity index (χ0) is 14.8. The number of carbonyl (C=O) groups is 1. The number of carbonyl (C=O) groups excluding carboxylic acids is 1. The standard InChI is InChI=1S/C13H20N4O2S/c1-3-9-7-15-10(20-9)8(2)16-12(18)13(5-4-6-13)11(14)17-19/h7-8,19H,3-6H2,1-2H3,(H2,14,17)(H,16,18).